The maximum atomic E-state index is 13.1. The minimum atomic E-state index is -5.59. The van der Waals surface area contributed by atoms with Gasteiger partial charge in [-0.15, -0.1) is 0 Å². The van der Waals surface area contributed by atoms with Crippen LogP contribution < -0.4 is 10.5 Å². The molecule has 0 spiro atoms. The van der Waals surface area contributed by atoms with Crippen molar-refractivity contribution in [3.8, 4) is 0 Å². The molecule has 0 atom stereocenters. The predicted molar refractivity (Wildman–Crippen MR) is 131 cm³/mol. The molecule has 0 saturated carbocycles. The summed E-state index contributed by atoms with van der Waals surface area (Å²) < 4.78 is 15.3. The molecular weight excluding hydrogens is 510 g/mol. The molecule has 0 aliphatic heterocycles. The molecule has 5 heteroatoms. The third kappa shape index (κ3) is 4.21. The van der Waals surface area contributed by atoms with E-state index in [1.807, 2.05) is 93.6 Å². The van der Waals surface area contributed by atoms with Gasteiger partial charge in [-0.1, -0.05) is 0 Å². The molecular formula is C27H31O4Sb. The van der Waals surface area contributed by atoms with Gasteiger partial charge >= 0.3 is 193 Å². The van der Waals surface area contributed by atoms with E-state index in [4.69, 9.17) is 6.03 Å². The summed E-state index contributed by atoms with van der Waals surface area (Å²) in [5.41, 5.74) is 3.21. The van der Waals surface area contributed by atoms with Gasteiger partial charge in [0.15, 0.2) is 0 Å². The molecule has 0 amide bonds. The third-order valence-corrected chi connectivity index (χ3v) is 19.4. The Bertz CT molecular complexity index is 964. The first-order valence-corrected chi connectivity index (χ1v) is 16.9. The van der Waals surface area contributed by atoms with Crippen molar-refractivity contribution in [1.29, 1.82) is 0 Å². The van der Waals surface area contributed by atoms with Crippen molar-refractivity contribution in [3.63, 3.8) is 0 Å². The van der Waals surface area contributed by atoms with Gasteiger partial charge in [0, 0.05) is 0 Å². The second kappa shape index (κ2) is 9.50. The van der Waals surface area contributed by atoms with E-state index < -0.39 is 30.2 Å². The number of carbonyl (C=O) groups excluding carboxylic acids is 2. The van der Waals surface area contributed by atoms with Crippen LogP contribution in [0, 0.1) is 20.8 Å². The number of carbonyl (C=O) groups is 2. The Balaban J connectivity index is 2.56. The first-order valence-electron chi connectivity index (χ1n) is 10.9. The van der Waals surface area contributed by atoms with Crippen molar-refractivity contribution in [2.45, 2.75) is 47.5 Å². The van der Waals surface area contributed by atoms with Crippen LogP contribution >= 0.6 is 0 Å². The van der Waals surface area contributed by atoms with Crippen molar-refractivity contribution < 1.29 is 15.6 Å². The summed E-state index contributed by atoms with van der Waals surface area (Å²) in [7, 11) is 0. The van der Waals surface area contributed by atoms with Crippen molar-refractivity contribution in [2.75, 3.05) is 0 Å². The molecule has 0 fully saturated rings. The van der Waals surface area contributed by atoms with Crippen LogP contribution in [0.15, 0.2) is 72.8 Å². The summed E-state index contributed by atoms with van der Waals surface area (Å²) in [6, 6.07) is 23.5. The van der Waals surface area contributed by atoms with E-state index in [0.717, 1.165) is 27.2 Å². The average Bonchev–Trinajstić information content (AvgIpc) is 2.79. The zero-order valence-corrected chi connectivity index (χ0v) is 22.0. The SMILES string of the molecule is CCC(=O)[O][Sb]([O]C(=O)CC)([c]1ccc(C)cc1)([c]1ccc(C)cc1)[c]1ccc(C)cc1. The molecule has 168 valence electrons. The minimum absolute atomic E-state index is 0.176. The second-order valence-corrected chi connectivity index (χ2v) is 19.0. The van der Waals surface area contributed by atoms with E-state index in [-0.39, 0.29) is 12.8 Å². The fraction of sp³-hybridized carbons (Fsp3) is 0.259. The first kappa shape index (κ1) is 24.1. The monoisotopic (exact) mass is 540 g/mol. The van der Waals surface area contributed by atoms with Gasteiger partial charge in [-0.2, -0.15) is 0 Å². The normalized spacial score (nSPS) is 12.5. The van der Waals surface area contributed by atoms with Crippen LogP contribution in [0.3, 0.4) is 0 Å². The fourth-order valence-electron chi connectivity index (χ4n) is 3.75. The topological polar surface area (TPSA) is 52.6 Å². The van der Waals surface area contributed by atoms with Crippen LogP contribution in [0.1, 0.15) is 43.4 Å². The number of aryl methyl sites for hydroxylation is 3. The molecule has 3 rings (SSSR count). The Labute approximate surface area is 192 Å². The van der Waals surface area contributed by atoms with Crippen LogP contribution in [0.5, 0.6) is 0 Å². The van der Waals surface area contributed by atoms with E-state index in [1.54, 1.807) is 13.8 Å². The average molecular weight is 541 g/mol. The molecule has 3 aromatic carbocycles. The quantitative estimate of drug-likeness (QED) is 0.426. The van der Waals surface area contributed by atoms with Crippen LogP contribution in [-0.4, -0.2) is 30.2 Å². The molecule has 0 heterocycles. The van der Waals surface area contributed by atoms with Crippen LogP contribution in [0.4, 0.5) is 0 Å². The predicted octanol–water partition coefficient (Wildman–Crippen LogP) is 3.94. The van der Waals surface area contributed by atoms with Gasteiger partial charge in [0.25, 0.3) is 0 Å². The van der Waals surface area contributed by atoms with Gasteiger partial charge in [0.05, 0.1) is 0 Å². The van der Waals surface area contributed by atoms with Crippen LogP contribution in [0.2, 0.25) is 0 Å². The number of hydrogen-bond acceptors (Lipinski definition) is 4. The molecule has 0 bridgehead atoms. The number of hydrogen-bond donors (Lipinski definition) is 0. The summed E-state index contributed by atoms with van der Waals surface area (Å²) in [5, 5.41) is 0. The molecule has 0 N–H and O–H groups in total. The third-order valence-electron chi connectivity index (χ3n) is 5.64. The van der Waals surface area contributed by atoms with Gasteiger partial charge in [0.1, 0.15) is 0 Å². The molecule has 4 nitrogen and oxygen atoms in total. The standard InChI is InChI=1S/3C7H7.2C3H6O2.Sb/c3*1-7-5-3-2-4-6-7;2*1-2-3(4)5;/h3*3-6H,1H3;2*2H2,1H3,(H,4,5);/q;;;;;+2/p-2. The summed E-state index contributed by atoms with van der Waals surface area (Å²) in [6.45, 7) is 9.51. The summed E-state index contributed by atoms with van der Waals surface area (Å²) in [4.78, 5) is 26.1. The molecule has 0 saturated heterocycles. The Hall–Kier alpha value is -2.58. The molecule has 0 aliphatic carbocycles. The van der Waals surface area contributed by atoms with Gasteiger partial charge in [-0.05, 0) is 0 Å². The zero-order chi connectivity index (χ0) is 23.4. The Kier molecular flexibility index (Phi) is 7.15. The van der Waals surface area contributed by atoms with Crippen molar-refractivity contribution in [1.82, 2.24) is 0 Å². The second-order valence-electron chi connectivity index (χ2n) is 8.10. The van der Waals surface area contributed by atoms with Crippen LogP contribution in [0.25, 0.3) is 0 Å². The van der Waals surface area contributed by atoms with Crippen molar-refractivity contribution >= 4 is 40.7 Å². The van der Waals surface area contributed by atoms with E-state index in [9.17, 15) is 9.59 Å². The number of benzene rings is 3. The van der Waals surface area contributed by atoms with E-state index in [1.165, 1.54) is 0 Å². The maximum absolute atomic E-state index is 13.1. The summed E-state index contributed by atoms with van der Waals surface area (Å²) in [6.07, 6.45) is 0.351. The molecule has 0 aliphatic rings. The molecule has 0 unspecified atom stereocenters. The Morgan fingerprint density at radius 2 is 0.812 bits per heavy atom. The van der Waals surface area contributed by atoms with Gasteiger partial charge in [-0.3, -0.25) is 0 Å². The molecule has 0 aromatic heterocycles. The van der Waals surface area contributed by atoms with Gasteiger partial charge in [0.2, 0.25) is 0 Å². The van der Waals surface area contributed by atoms with Crippen molar-refractivity contribution in [2.24, 2.45) is 0 Å². The molecule has 3 aromatic rings. The van der Waals surface area contributed by atoms with E-state index in [0.29, 0.717) is 0 Å². The van der Waals surface area contributed by atoms with E-state index in [2.05, 4.69) is 0 Å². The van der Waals surface area contributed by atoms with Gasteiger partial charge in [-0.25, -0.2) is 0 Å². The Morgan fingerprint density at radius 3 is 1.03 bits per heavy atom. The van der Waals surface area contributed by atoms with Crippen LogP contribution in [-0.2, 0) is 15.6 Å². The first-order chi connectivity index (χ1) is 15.2. The summed E-state index contributed by atoms with van der Waals surface area (Å²) >= 11 is -5.59. The van der Waals surface area contributed by atoms with E-state index >= 15 is 0 Å². The van der Waals surface area contributed by atoms with Crippen molar-refractivity contribution in [3.05, 3.63) is 89.5 Å². The Morgan fingerprint density at radius 1 is 0.562 bits per heavy atom. The number of rotatable bonds is 7. The molecule has 0 radical (unpaired) electrons. The fourth-order valence-corrected chi connectivity index (χ4v) is 17.1. The zero-order valence-electron chi connectivity index (χ0n) is 19.4. The van der Waals surface area contributed by atoms with Gasteiger partial charge < -0.3 is 0 Å². The summed E-state index contributed by atoms with van der Waals surface area (Å²) in [5.74, 6) is -0.783. The molecule has 32 heavy (non-hydrogen) atoms.